The van der Waals surface area contributed by atoms with Crippen molar-refractivity contribution in [2.24, 2.45) is 16.5 Å². The summed E-state index contributed by atoms with van der Waals surface area (Å²) in [6.07, 6.45) is 2.89. The molecule has 56 valence electrons. The Labute approximate surface area is 59.6 Å². The third kappa shape index (κ3) is 1.73. The zero-order valence-corrected chi connectivity index (χ0v) is 5.66. The van der Waals surface area contributed by atoms with E-state index in [4.69, 9.17) is 16.2 Å². The molecule has 0 atom stereocenters. The van der Waals surface area contributed by atoms with E-state index in [1.54, 1.807) is 6.21 Å². The molecular formula is C6H11N3O. The number of nitrogens with two attached hydrogens (primary N) is 2. The van der Waals surface area contributed by atoms with Crippen LogP contribution in [0.2, 0.25) is 0 Å². The van der Waals surface area contributed by atoms with Crippen molar-refractivity contribution in [1.29, 1.82) is 0 Å². The summed E-state index contributed by atoms with van der Waals surface area (Å²) in [6.45, 7) is 1.41. The van der Waals surface area contributed by atoms with E-state index in [0.717, 1.165) is 0 Å². The molecule has 1 aliphatic heterocycles. The zero-order valence-electron chi connectivity index (χ0n) is 5.66. The van der Waals surface area contributed by atoms with Crippen LogP contribution in [0.1, 0.15) is 0 Å². The highest BCUT2D eigenvalue weighted by molar-refractivity contribution is 5.77. The van der Waals surface area contributed by atoms with Gasteiger partial charge in [0, 0.05) is 12.4 Å². The summed E-state index contributed by atoms with van der Waals surface area (Å²) in [5, 5.41) is 0. The van der Waals surface area contributed by atoms with Gasteiger partial charge in [-0.3, -0.25) is 4.99 Å². The maximum absolute atomic E-state index is 5.35. The maximum Gasteiger partial charge on any atom is 0.0966 e. The largest absolute Gasteiger partial charge is 0.403 e. The molecule has 0 aromatic carbocycles. The van der Waals surface area contributed by atoms with E-state index in [9.17, 15) is 0 Å². The van der Waals surface area contributed by atoms with Crippen molar-refractivity contribution in [2.75, 3.05) is 13.2 Å². The number of hydrogen-bond acceptors (Lipinski definition) is 4. The smallest absolute Gasteiger partial charge is 0.0966 e. The van der Waals surface area contributed by atoms with Crippen molar-refractivity contribution in [3.05, 3.63) is 11.9 Å². The summed E-state index contributed by atoms with van der Waals surface area (Å²) in [5.41, 5.74) is 10.9. The van der Waals surface area contributed by atoms with Crippen LogP contribution in [0.25, 0.3) is 0 Å². The first-order chi connectivity index (χ1) is 4.83. The van der Waals surface area contributed by atoms with E-state index >= 15 is 0 Å². The summed E-state index contributed by atoms with van der Waals surface area (Å²) in [7, 11) is 0. The molecule has 1 heterocycles. The van der Waals surface area contributed by atoms with Gasteiger partial charge < -0.3 is 16.2 Å². The molecule has 0 aliphatic carbocycles. The fourth-order valence-corrected chi connectivity index (χ4v) is 0.544. The lowest BCUT2D eigenvalue weighted by Gasteiger charge is -2.21. The minimum Gasteiger partial charge on any atom is -0.403 e. The summed E-state index contributed by atoms with van der Waals surface area (Å²) < 4.78 is 4.90. The van der Waals surface area contributed by atoms with Gasteiger partial charge in [-0.2, -0.15) is 0 Å². The Bertz CT molecular complexity index is 160. The molecule has 0 spiro atoms. The minimum absolute atomic E-state index is 0.290. The molecule has 0 aromatic heterocycles. The highest BCUT2D eigenvalue weighted by Gasteiger charge is 2.15. The van der Waals surface area contributed by atoms with Crippen LogP contribution in [-0.2, 0) is 4.74 Å². The Morgan fingerprint density at radius 1 is 1.60 bits per heavy atom. The Balaban J connectivity index is 2.27. The lowest BCUT2D eigenvalue weighted by atomic mass is 10.3. The zero-order chi connectivity index (χ0) is 7.40. The molecule has 1 fully saturated rings. The third-order valence-corrected chi connectivity index (χ3v) is 1.25. The first-order valence-corrected chi connectivity index (χ1v) is 3.11. The van der Waals surface area contributed by atoms with E-state index < -0.39 is 0 Å². The molecule has 0 unspecified atom stereocenters. The highest BCUT2D eigenvalue weighted by atomic mass is 16.5. The van der Waals surface area contributed by atoms with Gasteiger partial charge in [0.1, 0.15) is 0 Å². The van der Waals surface area contributed by atoms with Crippen LogP contribution in [-0.4, -0.2) is 25.5 Å². The van der Waals surface area contributed by atoms with E-state index in [2.05, 4.69) is 4.99 Å². The van der Waals surface area contributed by atoms with E-state index in [1.807, 2.05) is 0 Å². The lowest BCUT2D eigenvalue weighted by molar-refractivity contribution is 0.0135. The topological polar surface area (TPSA) is 73.6 Å². The van der Waals surface area contributed by atoms with Gasteiger partial charge in [0.2, 0.25) is 0 Å². The van der Waals surface area contributed by atoms with Crippen LogP contribution in [0.5, 0.6) is 0 Å². The Morgan fingerprint density at radius 3 is 2.70 bits per heavy atom. The van der Waals surface area contributed by atoms with Gasteiger partial charge in [0.05, 0.1) is 25.0 Å². The van der Waals surface area contributed by atoms with Crippen LogP contribution >= 0.6 is 0 Å². The second-order valence-electron chi connectivity index (χ2n) is 2.14. The second kappa shape index (κ2) is 3.22. The number of hydrogen-bond donors (Lipinski definition) is 2. The molecule has 0 amide bonds. The van der Waals surface area contributed by atoms with Gasteiger partial charge in [0.25, 0.3) is 0 Å². The monoisotopic (exact) mass is 141 g/mol. The van der Waals surface area contributed by atoms with Gasteiger partial charge in [0.15, 0.2) is 0 Å². The fraction of sp³-hybridized carbons (Fsp3) is 0.500. The van der Waals surface area contributed by atoms with Crippen LogP contribution in [0.15, 0.2) is 16.9 Å². The predicted octanol–water partition coefficient (Wildman–Crippen LogP) is -0.785. The molecule has 0 aromatic rings. The Hall–Kier alpha value is -1.03. The van der Waals surface area contributed by atoms with Crippen molar-refractivity contribution in [1.82, 2.24) is 0 Å². The molecule has 0 bridgehead atoms. The maximum atomic E-state index is 5.35. The van der Waals surface area contributed by atoms with E-state index in [-0.39, 0.29) is 0 Å². The number of ether oxygens (including phenoxy) is 1. The molecule has 1 rings (SSSR count). The van der Waals surface area contributed by atoms with Gasteiger partial charge in [-0.15, -0.1) is 0 Å². The summed E-state index contributed by atoms with van der Waals surface area (Å²) in [6, 6.07) is 0.290. The molecule has 0 radical (unpaired) electrons. The number of allylic oxidation sites excluding steroid dienone is 1. The summed E-state index contributed by atoms with van der Waals surface area (Å²) in [4.78, 5) is 4.08. The molecule has 0 saturated carbocycles. The predicted molar refractivity (Wildman–Crippen MR) is 39.6 cm³/mol. The van der Waals surface area contributed by atoms with Gasteiger partial charge >= 0.3 is 0 Å². The molecule has 10 heavy (non-hydrogen) atoms. The molecule has 4 heteroatoms. The van der Waals surface area contributed by atoms with Crippen molar-refractivity contribution >= 4 is 6.21 Å². The van der Waals surface area contributed by atoms with Crippen molar-refractivity contribution in [2.45, 2.75) is 6.04 Å². The van der Waals surface area contributed by atoms with Crippen molar-refractivity contribution < 1.29 is 4.74 Å². The standard InChI is InChI=1S/C6H11N3O/c7-1-5(8)2-9-6-3-10-4-6/h1-2,6H,3-4,7-8H2. The SMILES string of the molecule is NC=C(N)C=NC1COC1. The number of rotatable bonds is 2. The quantitative estimate of drug-likeness (QED) is 0.495. The van der Waals surface area contributed by atoms with Crippen LogP contribution < -0.4 is 11.5 Å². The van der Waals surface area contributed by atoms with Gasteiger partial charge in [-0.05, 0) is 0 Å². The normalized spacial score (nSPS) is 21.4. The average molecular weight is 141 g/mol. The molecule has 4 N–H and O–H groups in total. The molecule has 4 nitrogen and oxygen atoms in total. The Kier molecular flexibility index (Phi) is 2.28. The average Bonchev–Trinajstić information content (AvgIpc) is 1.84. The number of aliphatic imine (C=N–C) groups is 1. The first-order valence-electron chi connectivity index (χ1n) is 3.11. The fourth-order valence-electron chi connectivity index (χ4n) is 0.544. The van der Waals surface area contributed by atoms with Crippen molar-refractivity contribution in [3.63, 3.8) is 0 Å². The van der Waals surface area contributed by atoms with Gasteiger partial charge in [-0.25, -0.2) is 0 Å². The summed E-state index contributed by atoms with van der Waals surface area (Å²) >= 11 is 0. The molecule has 1 aliphatic rings. The minimum atomic E-state index is 0.290. The first kappa shape index (κ1) is 7.08. The third-order valence-electron chi connectivity index (χ3n) is 1.25. The number of nitrogens with zero attached hydrogens (tertiary/aromatic N) is 1. The van der Waals surface area contributed by atoms with Gasteiger partial charge in [-0.1, -0.05) is 0 Å². The van der Waals surface area contributed by atoms with Crippen molar-refractivity contribution in [3.8, 4) is 0 Å². The summed E-state index contributed by atoms with van der Waals surface area (Å²) in [5.74, 6) is 0. The highest BCUT2D eigenvalue weighted by Crippen LogP contribution is 2.03. The lowest BCUT2D eigenvalue weighted by Crippen LogP contribution is -2.31. The molecule has 1 saturated heterocycles. The second-order valence-corrected chi connectivity index (χ2v) is 2.14. The van der Waals surface area contributed by atoms with Crippen LogP contribution in [0, 0.1) is 0 Å². The van der Waals surface area contributed by atoms with Crippen LogP contribution in [0.3, 0.4) is 0 Å². The van der Waals surface area contributed by atoms with E-state index in [1.165, 1.54) is 6.20 Å². The van der Waals surface area contributed by atoms with E-state index in [0.29, 0.717) is 25.0 Å². The molecular weight excluding hydrogens is 130 g/mol. The van der Waals surface area contributed by atoms with Crippen LogP contribution in [0.4, 0.5) is 0 Å². The Morgan fingerprint density at radius 2 is 2.30 bits per heavy atom.